The van der Waals surface area contributed by atoms with Crippen molar-refractivity contribution in [3.8, 4) is 0 Å². The molecule has 3 nitrogen and oxygen atoms in total. The maximum atomic E-state index is 10.8. The first-order valence-corrected chi connectivity index (χ1v) is 5.96. The molecule has 0 aromatic rings. The monoisotopic (exact) mass is 229 g/mol. The zero-order valence-corrected chi connectivity index (χ0v) is 11.5. The van der Waals surface area contributed by atoms with Crippen molar-refractivity contribution in [3.05, 3.63) is 0 Å². The largest absolute Gasteiger partial charge is 0.480 e. The van der Waals surface area contributed by atoms with E-state index in [1.807, 2.05) is 0 Å². The molecule has 1 unspecified atom stereocenters. The van der Waals surface area contributed by atoms with E-state index in [4.69, 9.17) is 10.8 Å². The standard InChI is InChI=1S/C13H27NO2/c1-9(2)13(5,6)8-12(3,4)7-10(14)11(15)16/h9-10H,7-8,14H2,1-6H3,(H,15,16). The van der Waals surface area contributed by atoms with Gasteiger partial charge >= 0.3 is 5.97 Å². The van der Waals surface area contributed by atoms with Gasteiger partial charge < -0.3 is 10.8 Å². The number of carboxylic acids is 1. The van der Waals surface area contributed by atoms with Crippen LogP contribution >= 0.6 is 0 Å². The van der Waals surface area contributed by atoms with E-state index in [-0.39, 0.29) is 10.8 Å². The summed E-state index contributed by atoms with van der Waals surface area (Å²) in [4.78, 5) is 10.8. The molecular weight excluding hydrogens is 202 g/mol. The molecule has 0 fully saturated rings. The minimum Gasteiger partial charge on any atom is -0.480 e. The van der Waals surface area contributed by atoms with Crippen LogP contribution in [-0.2, 0) is 4.79 Å². The fraction of sp³-hybridized carbons (Fsp3) is 0.923. The van der Waals surface area contributed by atoms with Crippen molar-refractivity contribution in [1.29, 1.82) is 0 Å². The molecule has 16 heavy (non-hydrogen) atoms. The summed E-state index contributed by atoms with van der Waals surface area (Å²) in [6.45, 7) is 13.1. The Morgan fingerprint density at radius 3 is 2.00 bits per heavy atom. The van der Waals surface area contributed by atoms with Gasteiger partial charge in [0.2, 0.25) is 0 Å². The Bertz CT molecular complexity index is 244. The second-order valence-electron chi connectivity index (χ2n) is 6.63. The third kappa shape index (κ3) is 4.97. The Balaban J connectivity index is 4.51. The molecule has 0 saturated heterocycles. The molecule has 0 heterocycles. The van der Waals surface area contributed by atoms with Gasteiger partial charge in [0.05, 0.1) is 0 Å². The fourth-order valence-corrected chi connectivity index (χ4v) is 2.19. The second-order valence-corrected chi connectivity index (χ2v) is 6.63. The van der Waals surface area contributed by atoms with E-state index in [1.165, 1.54) is 0 Å². The van der Waals surface area contributed by atoms with E-state index >= 15 is 0 Å². The third-order valence-electron chi connectivity index (χ3n) is 3.59. The number of nitrogens with two attached hydrogens (primary N) is 1. The van der Waals surface area contributed by atoms with E-state index in [0.717, 1.165) is 6.42 Å². The number of hydrogen-bond donors (Lipinski definition) is 2. The average molecular weight is 229 g/mol. The molecule has 1 atom stereocenters. The highest BCUT2D eigenvalue weighted by molar-refractivity contribution is 5.73. The molecule has 0 aliphatic rings. The molecule has 96 valence electrons. The lowest BCUT2D eigenvalue weighted by atomic mass is 9.67. The maximum Gasteiger partial charge on any atom is 0.320 e. The van der Waals surface area contributed by atoms with Crippen LogP contribution < -0.4 is 5.73 Å². The van der Waals surface area contributed by atoms with Gasteiger partial charge in [0.1, 0.15) is 6.04 Å². The van der Waals surface area contributed by atoms with Gasteiger partial charge in [-0.05, 0) is 29.6 Å². The van der Waals surface area contributed by atoms with Crippen molar-refractivity contribution < 1.29 is 9.90 Å². The van der Waals surface area contributed by atoms with Crippen LogP contribution in [0.15, 0.2) is 0 Å². The Labute approximate surface area is 99.4 Å². The van der Waals surface area contributed by atoms with E-state index < -0.39 is 12.0 Å². The van der Waals surface area contributed by atoms with Gasteiger partial charge in [-0.1, -0.05) is 41.5 Å². The predicted octanol–water partition coefficient (Wildman–Crippen LogP) is 2.89. The molecule has 0 bridgehead atoms. The van der Waals surface area contributed by atoms with Crippen molar-refractivity contribution in [2.75, 3.05) is 0 Å². The van der Waals surface area contributed by atoms with Gasteiger partial charge in [-0.3, -0.25) is 4.79 Å². The molecule has 0 amide bonds. The second kappa shape index (κ2) is 5.17. The van der Waals surface area contributed by atoms with Crippen LogP contribution in [0.2, 0.25) is 0 Å². The molecule has 0 rings (SSSR count). The average Bonchev–Trinajstić information content (AvgIpc) is 1.99. The first-order chi connectivity index (χ1) is 6.98. The Hall–Kier alpha value is -0.570. The molecular formula is C13H27NO2. The van der Waals surface area contributed by atoms with Gasteiger partial charge in [0.15, 0.2) is 0 Å². The quantitative estimate of drug-likeness (QED) is 0.736. The molecule has 0 aliphatic heterocycles. The van der Waals surface area contributed by atoms with Crippen LogP contribution in [0.4, 0.5) is 0 Å². The van der Waals surface area contributed by atoms with Crippen molar-refractivity contribution in [2.24, 2.45) is 22.5 Å². The van der Waals surface area contributed by atoms with E-state index in [2.05, 4.69) is 41.5 Å². The molecule has 0 saturated carbocycles. The van der Waals surface area contributed by atoms with Gasteiger partial charge in [0, 0.05) is 0 Å². The molecule has 3 heteroatoms. The smallest absolute Gasteiger partial charge is 0.320 e. The van der Waals surface area contributed by atoms with Crippen LogP contribution in [0, 0.1) is 16.7 Å². The lowest BCUT2D eigenvalue weighted by molar-refractivity contribution is -0.139. The van der Waals surface area contributed by atoms with Gasteiger partial charge in [-0.25, -0.2) is 0 Å². The van der Waals surface area contributed by atoms with Crippen molar-refractivity contribution >= 4 is 5.97 Å². The van der Waals surface area contributed by atoms with Crippen LogP contribution in [0.3, 0.4) is 0 Å². The van der Waals surface area contributed by atoms with Crippen LogP contribution in [-0.4, -0.2) is 17.1 Å². The number of carboxylic acid groups (broad SMARTS) is 1. The van der Waals surface area contributed by atoms with Gasteiger partial charge in [-0.15, -0.1) is 0 Å². The highest BCUT2D eigenvalue weighted by Gasteiger charge is 2.33. The Kier molecular flexibility index (Phi) is 4.99. The van der Waals surface area contributed by atoms with Crippen molar-refractivity contribution in [3.63, 3.8) is 0 Å². The summed E-state index contributed by atoms with van der Waals surface area (Å²) < 4.78 is 0. The Morgan fingerprint density at radius 2 is 1.69 bits per heavy atom. The minimum absolute atomic E-state index is 0.0361. The first-order valence-electron chi connectivity index (χ1n) is 5.96. The summed E-state index contributed by atoms with van der Waals surface area (Å²) in [7, 11) is 0. The first kappa shape index (κ1) is 15.4. The highest BCUT2D eigenvalue weighted by Crippen LogP contribution is 2.41. The predicted molar refractivity (Wildman–Crippen MR) is 67.2 cm³/mol. The maximum absolute atomic E-state index is 10.8. The molecule has 0 aromatic heterocycles. The van der Waals surface area contributed by atoms with Crippen molar-refractivity contribution in [1.82, 2.24) is 0 Å². The zero-order valence-electron chi connectivity index (χ0n) is 11.5. The minimum atomic E-state index is -0.907. The zero-order chi connectivity index (χ0) is 13.1. The summed E-state index contributed by atoms with van der Waals surface area (Å²) in [5.41, 5.74) is 5.77. The molecule has 0 aliphatic carbocycles. The fourth-order valence-electron chi connectivity index (χ4n) is 2.19. The van der Waals surface area contributed by atoms with E-state index in [1.54, 1.807) is 0 Å². The normalized spacial score (nSPS) is 15.2. The third-order valence-corrected chi connectivity index (χ3v) is 3.59. The van der Waals surface area contributed by atoms with Crippen LogP contribution in [0.5, 0.6) is 0 Å². The number of rotatable bonds is 6. The molecule has 0 aromatic carbocycles. The lowest BCUT2D eigenvalue weighted by Gasteiger charge is -2.38. The summed E-state index contributed by atoms with van der Waals surface area (Å²) in [6, 6.07) is -0.752. The van der Waals surface area contributed by atoms with Crippen molar-refractivity contribution in [2.45, 2.75) is 60.4 Å². The van der Waals surface area contributed by atoms with E-state index in [9.17, 15) is 4.79 Å². The summed E-state index contributed by atoms with van der Waals surface area (Å²) in [6.07, 6.45) is 1.51. The lowest BCUT2D eigenvalue weighted by Crippen LogP contribution is -2.37. The topological polar surface area (TPSA) is 63.3 Å². The van der Waals surface area contributed by atoms with Gasteiger partial charge in [-0.2, -0.15) is 0 Å². The highest BCUT2D eigenvalue weighted by atomic mass is 16.4. The van der Waals surface area contributed by atoms with Crippen LogP contribution in [0.25, 0.3) is 0 Å². The summed E-state index contributed by atoms with van der Waals surface area (Å²) in [5, 5.41) is 8.83. The number of hydrogen-bond acceptors (Lipinski definition) is 2. The molecule has 0 radical (unpaired) electrons. The number of aliphatic carboxylic acids is 1. The SMILES string of the molecule is CC(C)C(C)(C)CC(C)(C)CC(N)C(=O)O. The van der Waals surface area contributed by atoms with Crippen LogP contribution in [0.1, 0.15) is 54.4 Å². The number of carbonyl (C=O) groups is 1. The van der Waals surface area contributed by atoms with E-state index in [0.29, 0.717) is 12.3 Å². The summed E-state index contributed by atoms with van der Waals surface area (Å²) in [5.74, 6) is -0.330. The summed E-state index contributed by atoms with van der Waals surface area (Å²) >= 11 is 0. The molecule has 3 N–H and O–H groups in total. The molecule has 0 spiro atoms. The van der Waals surface area contributed by atoms with Gasteiger partial charge in [0.25, 0.3) is 0 Å². The Morgan fingerprint density at radius 1 is 1.25 bits per heavy atom.